The predicted molar refractivity (Wildman–Crippen MR) is 101 cm³/mol. The first-order valence-electron chi connectivity index (χ1n) is 8.70. The molecule has 2 aromatic heterocycles. The normalized spacial score (nSPS) is 12.8. The van der Waals surface area contributed by atoms with Gasteiger partial charge in [-0.2, -0.15) is 9.78 Å². The lowest BCUT2D eigenvalue weighted by Gasteiger charge is -2.22. The molecule has 0 aliphatic heterocycles. The summed E-state index contributed by atoms with van der Waals surface area (Å²) in [6.07, 6.45) is 1.25. The highest BCUT2D eigenvalue weighted by Gasteiger charge is 2.24. The first-order chi connectivity index (χ1) is 14.8. The molecule has 3 aromatic rings. The fraction of sp³-hybridized carbons (Fsp3) is 0.250. The summed E-state index contributed by atoms with van der Waals surface area (Å²) in [5, 5.41) is 51.4. The first kappa shape index (κ1) is 21.5. The number of hydrogen-bond donors (Lipinski definition) is 3. The quantitative estimate of drug-likeness (QED) is 0.295. The van der Waals surface area contributed by atoms with Gasteiger partial charge >= 0.3 is 5.95 Å². The number of nitro benzene ring substituents is 1. The maximum absolute atomic E-state index is 12.4. The van der Waals surface area contributed by atoms with Crippen LogP contribution in [0.25, 0.3) is 0 Å². The highest BCUT2D eigenvalue weighted by molar-refractivity contribution is 5.92. The zero-order chi connectivity index (χ0) is 22.5. The summed E-state index contributed by atoms with van der Waals surface area (Å²) in [7, 11) is 0. The molecule has 3 N–H and O–H groups in total. The summed E-state index contributed by atoms with van der Waals surface area (Å²) < 4.78 is 2.44. The smallest absolute Gasteiger partial charge is 0.394 e. The van der Waals surface area contributed by atoms with Crippen LogP contribution in [0.4, 0.5) is 11.6 Å². The van der Waals surface area contributed by atoms with Gasteiger partial charge in [-0.05, 0) is 28.7 Å². The minimum absolute atomic E-state index is 0.0380. The van der Waals surface area contributed by atoms with Crippen molar-refractivity contribution in [3.63, 3.8) is 0 Å². The number of nitrogens with zero attached hydrogens (tertiary/aromatic N) is 7. The molecule has 0 saturated heterocycles. The van der Waals surface area contributed by atoms with E-state index in [2.05, 4.69) is 20.5 Å². The second kappa shape index (κ2) is 9.06. The van der Waals surface area contributed by atoms with Gasteiger partial charge in [-0.1, -0.05) is 4.98 Å². The van der Waals surface area contributed by atoms with Crippen molar-refractivity contribution in [2.24, 2.45) is 0 Å². The molecule has 2 unspecified atom stereocenters. The Balaban J connectivity index is 1.65. The Labute approximate surface area is 172 Å². The van der Waals surface area contributed by atoms with Crippen molar-refractivity contribution in [1.82, 2.24) is 29.9 Å². The van der Waals surface area contributed by atoms with Crippen LogP contribution in [0, 0.1) is 20.2 Å². The summed E-state index contributed by atoms with van der Waals surface area (Å²) in [4.78, 5) is 35.9. The van der Waals surface area contributed by atoms with Crippen LogP contribution in [-0.4, -0.2) is 63.2 Å². The number of aromatic nitrogens is 5. The third kappa shape index (κ3) is 5.03. The van der Waals surface area contributed by atoms with E-state index in [0.29, 0.717) is 0 Å². The molecule has 15 nitrogen and oxygen atoms in total. The predicted octanol–water partition coefficient (Wildman–Crippen LogP) is -0.379. The van der Waals surface area contributed by atoms with Crippen LogP contribution in [-0.2, 0) is 6.67 Å². The highest BCUT2D eigenvalue weighted by Crippen LogP contribution is 2.20. The number of hydrogen-bond acceptors (Lipinski definition) is 10. The number of aliphatic hydroxyl groups excluding tert-OH is 2. The van der Waals surface area contributed by atoms with Crippen molar-refractivity contribution in [2.45, 2.75) is 18.8 Å². The lowest BCUT2D eigenvalue weighted by atomic mass is 10.0. The summed E-state index contributed by atoms with van der Waals surface area (Å²) >= 11 is 0. The number of aliphatic hydroxyl groups is 2. The fourth-order valence-electron chi connectivity index (χ4n) is 2.64. The maximum Gasteiger partial charge on any atom is 0.491 e. The van der Waals surface area contributed by atoms with Crippen LogP contribution in [0.1, 0.15) is 22.2 Å². The number of nitro groups is 2. The number of benzene rings is 1. The van der Waals surface area contributed by atoms with Crippen LogP contribution in [0.3, 0.4) is 0 Å². The van der Waals surface area contributed by atoms with Crippen LogP contribution in [0.15, 0.2) is 42.9 Å². The van der Waals surface area contributed by atoms with Crippen molar-refractivity contribution in [2.75, 3.05) is 6.61 Å². The van der Waals surface area contributed by atoms with E-state index in [9.17, 15) is 35.2 Å². The van der Waals surface area contributed by atoms with E-state index >= 15 is 0 Å². The molecule has 1 aromatic carbocycles. The zero-order valence-corrected chi connectivity index (χ0v) is 15.7. The SMILES string of the molecule is O=C(NC(CO)C(O)c1ccc([N+](=O)[O-])cc1)c1ccn(Cn2cnc([N+](=O)[O-])n2)n1. The van der Waals surface area contributed by atoms with E-state index in [1.165, 1.54) is 41.2 Å². The molecule has 162 valence electrons. The van der Waals surface area contributed by atoms with E-state index in [1.807, 2.05) is 0 Å². The molecule has 0 saturated carbocycles. The minimum atomic E-state index is -1.33. The monoisotopic (exact) mass is 432 g/mol. The Morgan fingerprint density at radius 2 is 1.81 bits per heavy atom. The highest BCUT2D eigenvalue weighted by atomic mass is 16.6. The van der Waals surface area contributed by atoms with Gasteiger partial charge in [0, 0.05) is 23.4 Å². The number of carbonyl (C=O) groups excluding carboxylic acids is 1. The van der Waals surface area contributed by atoms with E-state index in [-0.39, 0.29) is 23.6 Å². The topological polar surface area (TPSA) is 204 Å². The molecule has 0 spiro atoms. The van der Waals surface area contributed by atoms with Gasteiger partial charge in [0.05, 0.1) is 17.6 Å². The Hall–Kier alpha value is -4.24. The zero-order valence-electron chi connectivity index (χ0n) is 15.7. The molecule has 1 amide bonds. The summed E-state index contributed by atoms with van der Waals surface area (Å²) in [6.45, 7) is -0.643. The number of rotatable bonds is 9. The third-order valence-electron chi connectivity index (χ3n) is 4.19. The Morgan fingerprint density at radius 1 is 1.10 bits per heavy atom. The largest absolute Gasteiger partial charge is 0.491 e. The summed E-state index contributed by atoms with van der Waals surface area (Å²) in [5.74, 6) is -1.26. The molecule has 0 aliphatic rings. The standard InChI is InChI=1S/C16H16N8O7/c25-7-13(14(26)10-1-3-11(4-2-10)23(28)29)18-15(27)12-5-6-21(19-12)9-22-8-17-16(20-22)24(30)31/h1-6,8,13-14,25-26H,7,9H2,(H,18,27). The van der Waals surface area contributed by atoms with Crippen LogP contribution in [0.5, 0.6) is 0 Å². The minimum Gasteiger partial charge on any atom is -0.394 e. The second-order valence-corrected chi connectivity index (χ2v) is 6.28. The van der Waals surface area contributed by atoms with Gasteiger partial charge in [0.1, 0.15) is 11.8 Å². The maximum atomic E-state index is 12.4. The van der Waals surface area contributed by atoms with E-state index < -0.39 is 40.5 Å². The van der Waals surface area contributed by atoms with Crippen molar-refractivity contribution in [3.8, 4) is 0 Å². The number of non-ortho nitro benzene ring substituents is 1. The number of amides is 1. The van der Waals surface area contributed by atoms with Gasteiger partial charge in [-0.25, -0.2) is 4.68 Å². The average Bonchev–Trinajstić information content (AvgIpc) is 3.41. The Bertz CT molecular complexity index is 1090. The van der Waals surface area contributed by atoms with Crippen molar-refractivity contribution >= 4 is 17.5 Å². The fourth-order valence-corrected chi connectivity index (χ4v) is 2.64. The van der Waals surface area contributed by atoms with Gasteiger partial charge < -0.3 is 25.6 Å². The molecule has 31 heavy (non-hydrogen) atoms. The lowest BCUT2D eigenvalue weighted by molar-refractivity contribution is -0.394. The lowest BCUT2D eigenvalue weighted by Crippen LogP contribution is -2.42. The van der Waals surface area contributed by atoms with Gasteiger partial charge in [0.25, 0.3) is 11.6 Å². The van der Waals surface area contributed by atoms with E-state index in [4.69, 9.17) is 0 Å². The molecule has 0 aliphatic carbocycles. The molecule has 15 heteroatoms. The Morgan fingerprint density at radius 3 is 2.39 bits per heavy atom. The van der Waals surface area contributed by atoms with E-state index in [0.717, 1.165) is 11.0 Å². The molecular weight excluding hydrogens is 416 g/mol. The number of carbonyl (C=O) groups is 1. The molecule has 2 heterocycles. The van der Waals surface area contributed by atoms with Gasteiger partial charge in [0.15, 0.2) is 6.67 Å². The average molecular weight is 432 g/mol. The van der Waals surface area contributed by atoms with Crippen molar-refractivity contribution in [1.29, 1.82) is 0 Å². The van der Waals surface area contributed by atoms with Gasteiger partial charge in [-0.15, -0.1) is 0 Å². The molecule has 0 fully saturated rings. The second-order valence-electron chi connectivity index (χ2n) is 6.28. The molecular formula is C16H16N8O7. The van der Waals surface area contributed by atoms with Crippen LogP contribution < -0.4 is 5.32 Å². The van der Waals surface area contributed by atoms with Crippen molar-refractivity contribution < 1.29 is 24.9 Å². The molecule has 2 atom stereocenters. The van der Waals surface area contributed by atoms with E-state index in [1.54, 1.807) is 0 Å². The third-order valence-corrected chi connectivity index (χ3v) is 4.19. The summed E-state index contributed by atoms with van der Waals surface area (Å²) in [6, 6.07) is 5.31. The first-order valence-corrected chi connectivity index (χ1v) is 8.70. The summed E-state index contributed by atoms with van der Waals surface area (Å²) in [5.41, 5.74) is 0.0657. The Kier molecular flexibility index (Phi) is 6.27. The van der Waals surface area contributed by atoms with Crippen LogP contribution >= 0.6 is 0 Å². The molecule has 0 bridgehead atoms. The molecule has 0 radical (unpaired) electrons. The van der Waals surface area contributed by atoms with Gasteiger partial charge in [-0.3, -0.25) is 14.9 Å². The van der Waals surface area contributed by atoms with Crippen molar-refractivity contribution in [3.05, 3.63) is 74.3 Å². The number of nitrogens with one attached hydrogen (secondary N) is 1. The van der Waals surface area contributed by atoms with Crippen LogP contribution in [0.2, 0.25) is 0 Å². The molecule has 3 rings (SSSR count). The van der Waals surface area contributed by atoms with Gasteiger partial charge in [0.2, 0.25) is 6.33 Å².